The third-order valence-electron chi connectivity index (χ3n) is 2.01. The van der Waals surface area contributed by atoms with Crippen LogP contribution in [0.15, 0.2) is 27.3 Å². The van der Waals surface area contributed by atoms with Gasteiger partial charge in [-0.05, 0) is 34.1 Å². The van der Waals surface area contributed by atoms with Gasteiger partial charge in [-0.15, -0.1) is 0 Å². The zero-order chi connectivity index (χ0) is 14.4. The van der Waals surface area contributed by atoms with Crippen molar-refractivity contribution in [2.24, 2.45) is 5.73 Å². The molecule has 0 fully saturated rings. The number of carboxylic acid groups (broad SMARTS) is 1. The molecule has 1 rings (SSSR count). The van der Waals surface area contributed by atoms with Crippen LogP contribution < -0.4 is 11.1 Å². The lowest BCUT2D eigenvalue weighted by Gasteiger charge is -2.10. The van der Waals surface area contributed by atoms with Gasteiger partial charge in [-0.25, -0.2) is 4.79 Å². The number of carboxylic acids is 1. The van der Waals surface area contributed by atoms with Crippen molar-refractivity contribution < 1.29 is 23.9 Å². The van der Waals surface area contributed by atoms with E-state index >= 15 is 0 Å². The van der Waals surface area contributed by atoms with Gasteiger partial charge >= 0.3 is 5.97 Å². The van der Waals surface area contributed by atoms with E-state index in [0.717, 1.165) is 6.08 Å². The molecular formula is C11H11BrN2O5. The highest BCUT2D eigenvalue weighted by molar-refractivity contribution is 9.10. The largest absolute Gasteiger partial charge is 0.480 e. The van der Waals surface area contributed by atoms with Crippen molar-refractivity contribution in [3.8, 4) is 0 Å². The van der Waals surface area contributed by atoms with E-state index in [4.69, 9.17) is 15.3 Å². The van der Waals surface area contributed by atoms with Crippen molar-refractivity contribution in [3.05, 3.63) is 28.6 Å². The fourth-order valence-electron chi connectivity index (χ4n) is 1.20. The second kappa shape index (κ2) is 6.74. The molecule has 0 saturated heterocycles. The van der Waals surface area contributed by atoms with Crippen molar-refractivity contribution in [1.29, 1.82) is 0 Å². The summed E-state index contributed by atoms with van der Waals surface area (Å²) < 4.78 is 5.61. The number of hydrogen-bond donors (Lipinski definition) is 3. The number of primary amides is 1. The van der Waals surface area contributed by atoms with Crippen LogP contribution in [0.1, 0.15) is 12.2 Å². The van der Waals surface area contributed by atoms with E-state index < -0.39 is 30.2 Å². The number of carbonyl (C=O) groups is 3. The molecule has 7 nitrogen and oxygen atoms in total. The van der Waals surface area contributed by atoms with Gasteiger partial charge < -0.3 is 20.6 Å². The van der Waals surface area contributed by atoms with Crippen molar-refractivity contribution in [1.82, 2.24) is 5.32 Å². The number of aliphatic carboxylic acids is 1. The smallest absolute Gasteiger partial charge is 0.326 e. The third-order valence-corrected chi connectivity index (χ3v) is 2.44. The summed E-state index contributed by atoms with van der Waals surface area (Å²) in [5, 5.41) is 10.9. The van der Waals surface area contributed by atoms with Crippen molar-refractivity contribution >= 4 is 39.8 Å². The van der Waals surface area contributed by atoms with E-state index in [9.17, 15) is 14.4 Å². The molecule has 8 heteroatoms. The van der Waals surface area contributed by atoms with Gasteiger partial charge in [0.15, 0.2) is 4.67 Å². The molecule has 1 aromatic rings. The minimum Gasteiger partial charge on any atom is -0.480 e. The first-order chi connectivity index (χ1) is 8.88. The summed E-state index contributed by atoms with van der Waals surface area (Å²) in [5.41, 5.74) is 4.88. The standard InChI is InChI=1S/C11H11BrN2O5/c12-8-3-1-6(19-8)2-4-10(16)14-7(11(17)18)5-9(13)15/h1-4,7H,5H2,(H2,13,15)(H,14,16)(H,17,18)/b4-2+/t7-/m1/s1. The highest BCUT2D eigenvalue weighted by Gasteiger charge is 2.20. The first-order valence-corrected chi connectivity index (χ1v) is 5.93. The predicted octanol–water partition coefficient (Wildman–Crippen LogP) is 0.500. The number of halogens is 1. The van der Waals surface area contributed by atoms with Gasteiger partial charge in [0.1, 0.15) is 11.8 Å². The third kappa shape index (κ3) is 5.38. The van der Waals surface area contributed by atoms with Crippen LogP contribution in [0.3, 0.4) is 0 Å². The Hall–Kier alpha value is -2.09. The van der Waals surface area contributed by atoms with Gasteiger partial charge in [-0.1, -0.05) is 0 Å². The fraction of sp³-hybridized carbons (Fsp3) is 0.182. The first-order valence-electron chi connectivity index (χ1n) is 5.13. The van der Waals surface area contributed by atoms with Gasteiger partial charge in [0, 0.05) is 6.08 Å². The zero-order valence-electron chi connectivity index (χ0n) is 9.63. The van der Waals surface area contributed by atoms with E-state index in [2.05, 4.69) is 21.2 Å². The van der Waals surface area contributed by atoms with Gasteiger partial charge in [0.25, 0.3) is 0 Å². The molecule has 0 saturated carbocycles. The second-order valence-electron chi connectivity index (χ2n) is 3.55. The summed E-state index contributed by atoms with van der Waals surface area (Å²) in [4.78, 5) is 32.9. The molecule has 0 aliphatic carbocycles. The average Bonchev–Trinajstić information content (AvgIpc) is 2.71. The summed E-state index contributed by atoms with van der Waals surface area (Å²) in [5.74, 6) is -2.39. The van der Waals surface area contributed by atoms with E-state index in [-0.39, 0.29) is 0 Å². The molecule has 2 amide bonds. The predicted molar refractivity (Wildman–Crippen MR) is 68.8 cm³/mol. The molecule has 1 heterocycles. The lowest BCUT2D eigenvalue weighted by atomic mass is 10.2. The Labute approximate surface area is 116 Å². The maximum Gasteiger partial charge on any atom is 0.326 e. The van der Waals surface area contributed by atoms with E-state index in [1.54, 1.807) is 12.1 Å². The molecule has 102 valence electrons. The molecule has 1 atom stereocenters. The Morgan fingerprint density at radius 1 is 1.47 bits per heavy atom. The summed E-state index contributed by atoms with van der Waals surface area (Å²) in [6, 6.07) is 1.91. The quantitative estimate of drug-likeness (QED) is 0.655. The Morgan fingerprint density at radius 3 is 2.63 bits per heavy atom. The van der Waals surface area contributed by atoms with Gasteiger partial charge in [0.05, 0.1) is 6.42 Å². The molecule has 0 unspecified atom stereocenters. The Morgan fingerprint density at radius 2 is 2.16 bits per heavy atom. The molecule has 1 aromatic heterocycles. The minimum atomic E-state index is -1.35. The van der Waals surface area contributed by atoms with Crippen molar-refractivity contribution in [2.75, 3.05) is 0 Å². The highest BCUT2D eigenvalue weighted by Crippen LogP contribution is 2.14. The number of nitrogens with two attached hydrogens (primary N) is 1. The van der Waals surface area contributed by atoms with Crippen LogP contribution in [0, 0.1) is 0 Å². The number of nitrogens with one attached hydrogen (secondary N) is 1. The van der Waals surface area contributed by atoms with Crippen molar-refractivity contribution in [2.45, 2.75) is 12.5 Å². The van der Waals surface area contributed by atoms with Crippen LogP contribution >= 0.6 is 15.9 Å². The van der Waals surface area contributed by atoms with Crippen LogP contribution in [0.5, 0.6) is 0 Å². The maximum atomic E-state index is 11.5. The number of hydrogen-bond acceptors (Lipinski definition) is 4. The maximum absolute atomic E-state index is 11.5. The van der Waals surface area contributed by atoms with Gasteiger partial charge in [-0.3, -0.25) is 9.59 Å². The monoisotopic (exact) mass is 330 g/mol. The molecule has 0 aliphatic heterocycles. The molecular weight excluding hydrogens is 320 g/mol. The van der Waals surface area contributed by atoms with Crippen LogP contribution in [-0.4, -0.2) is 28.9 Å². The van der Waals surface area contributed by atoms with Crippen LogP contribution in [0.2, 0.25) is 0 Å². The Bertz CT molecular complexity index is 523. The Kier molecular flexibility index (Phi) is 5.31. The molecule has 0 bridgehead atoms. The van der Waals surface area contributed by atoms with Crippen LogP contribution in [0.25, 0.3) is 6.08 Å². The molecule has 0 aromatic carbocycles. The molecule has 0 radical (unpaired) electrons. The lowest BCUT2D eigenvalue weighted by Crippen LogP contribution is -2.42. The number of carbonyl (C=O) groups excluding carboxylic acids is 2. The SMILES string of the molecule is NC(=O)C[C@@H](NC(=O)/C=C/c1ccc(Br)o1)C(=O)O. The van der Waals surface area contributed by atoms with E-state index in [1.807, 2.05) is 0 Å². The highest BCUT2D eigenvalue weighted by atomic mass is 79.9. The van der Waals surface area contributed by atoms with E-state index in [1.165, 1.54) is 6.08 Å². The molecule has 0 aliphatic rings. The molecule has 19 heavy (non-hydrogen) atoms. The molecule has 0 spiro atoms. The normalized spacial score (nSPS) is 12.3. The lowest BCUT2D eigenvalue weighted by molar-refractivity contribution is -0.142. The average molecular weight is 331 g/mol. The summed E-state index contributed by atoms with van der Waals surface area (Å²) in [6.07, 6.45) is 1.99. The van der Waals surface area contributed by atoms with Crippen LogP contribution in [0.4, 0.5) is 0 Å². The Balaban J connectivity index is 2.60. The van der Waals surface area contributed by atoms with Gasteiger partial charge in [0.2, 0.25) is 11.8 Å². The molecule has 4 N–H and O–H groups in total. The topological polar surface area (TPSA) is 123 Å². The number of rotatable bonds is 6. The fourth-order valence-corrected chi connectivity index (χ4v) is 1.52. The van der Waals surface area contributed by atoms with Gasteiger partial charge in [-0.2, -0.15) is 0 Å². The van der Waals surface area contributed by atoms with Crippen molar-refractivity contribution in [3.63, 3.8) is 0 Å². The second-order valence-corrected chi connectivity index (χ2v) is 4.33. The number of furan rings is 1. The number of amides is 2. The summed E-state index contributed by atoms with van der Waals surface area (Å²) in [7, 11) is 0. The van der Waals surface area contributed by atoms with Crippen LogP contribution in [-0.2, 0) is 14.4 Å². The minimum absolute atomic E-state index is 0.420. The summed E-state index contributed by atoms with van der Waals surface area (Å²) >= 11 is 3.10. The zero-order valence-corrected chi connectivity index (χ0v) is 11.2. The summed E-state index contributed by atoms with van der Waals surface area (Å²) in [6.45, 7) is 0. The first kappa shape index (κ1) is 15.0. The van der Waals surface area contributed by atoms with E-state index in [0.29, 0.717) is 10.4 Å².